The summed E-state index contributed by atoms with van der Waals surface area (Å²) in [6, 6.07) is 8.37. The molecular formula is C12H17NO3S. The standard InChI is InChI=1S/C12H17NO3S/c1-12(2,3)11(14)13(17(4,15)16)10-8-6-5-7-9-10/h5-9H,1-4H3. The first-order chi connectivity index (χ1) is 7.64. The minimum absolute atomic E-state index is 0.370. The van der Waals surface area contributed by atoms with Crippen LogP contribution < -0.4 is 4.31 Å². The molecule has 0 aliphatic rings. The molecule has 1 amide bonds. The van der Waals surface area contributed by atoms with Gasteiger partial charge in [0.2, 0.25) is 15.9 Å². The second kappa shape index (κ2) is 4.49. The van der Waals surface area contributed by atoms with Crippen LogP contribution >= 0.6 is 0 Å². The molecule has 0 atom stereocenters. The van der Waals surface area contributed by atoms with Crippen LogP contribution in [0.5, 0.6) is 0 Å². The van der Waals surface area contributed by atoms with Gasteiger partial charge in [-0.2, -0.15) is 0 Å². The van der Waals surface area contributed by atoms with Gasteiger partial charge < -0.3 is 0 Å². The van der Waals surface area contributed by atoms with Gasteiger partial charge >= 0.3 is 0 Å². The molecule has 0 saturated carbocycles. The van der Waals surface area contributed by atoms with E-state index >= 15 is 0 Å². The van der Waals surface area contributed by atoms with E-state index in [2.05, 4.69) is 0 Å². The van der Waals surface area contributed by atoms with E-state index in [1.165, 1.54) is 0 Å². The number of nitrogens with zero attached hydrogens (tertiary/aromatic N) is 1. The van der Waals surface area contributed by atoms with Crippen LogP contribution in [-0.2, 0) is 14.8 Å². The Kier molecular flexibility index (Phi) is 3.62. The van der Waals surface area contributed by atoms with Crippen molar-refractivity contribution in [1.82, 2.24) is 0 Å². The van der Waals surface area contributed by atoms with Crippen LogP contribution in [0, 0.1) is 5.41 Å². The lowest BCUT2D eigenvalue weighted by atomic mass is 9.95. The van der Waals surface area contributed by atoms with Crippen molar-refractivity contribution in [2.24, 2.45) is 5.41 Å². The minimum Gasteiger partial charge on any atom is -0.273 e. The van der Waals surface area contributed by atoms with Crippen molar-refractivity contribution in [2.45, 2.75) is 20.8 Å². The molecule has 0 aliphatic carbocycles. The molecule has 17 heavy (non-hydrogen) atoms. The number of para-hydroxylation sites is 1. The number of anilines is 1. The molecule has 0 N–H and O–H groups in total. The molecule has 0 radical (unpaired) electrons. The molecule has 1 aromatic carbocycles. The summed E-state index contributed by atoms with van der Waals surface area (Å²) in [6.45, 7) is 5.07. The number of sulfonamides is 1. The number of carbonyl (C=O) groups excluding carboxylic acids is 1. The second-order valence-corrected chi connectivity index (χ2v) is 6.75. The van der Waals surface area contributed by atoms with Crippen molar-refractivity contribution in [3.05, 3.63) is 30.3 Å². The van der Waals surface area contributed by atoms with Gasteiger partial charge in [0.25, 0.3) is 0 Å². The molecule has 0 aromatic heterocycles. The summed E-state index contributed by atoms with van der Waals surface area (Å²) in [4.78, 5) is 12.2. The predicted molar refractivity (Wildman–Crippen MR) is 68.2 cm³/mol. The Balaban J connectivity index is 3.31. The molecule has 0 fully saturated rings. The highest BCUT2D eigenvalue weighted by Gasteiger charge is 2.33. The zero-order valence-electron chi connectivity index (χ0n) is 10.5. The van der Waals surface area contributed by atoms with Gasteiger partial charge in [-0.25, -0.2) is 12.7 Å². The van der Waals surface area contributed by atoms with Gasteiger partial charge in [-0.05, 0) is 12.1 Å². The Morgan fingerprint density at radius 2 is 1.59 bits per heavy atom. The van der Waals surface area contributed by atoms with Gasteiger partial charge in [-0.1, -0.05) is 39.0 Å². The van der Waals surface area contributed by atoms with E-state index in [0.29, 0.717) is 5.69 Å². The van der Waals surface area contributed by atoms with E-state index < -0.39 is 21.3 Å². The topological polar surface area (TPSA) is 54.5 Å². The quantitative estimate of drug-likeness (QED) is 0.812. The molecule has 4 nitrogen and oxygen atoms in total. The van der Waals surface area contributed by atoms with Crippen LogP contribution in [0.3, 0.4) is 0 Å². The number of rotatable bonds is 2. The highest BCUT2D eigenvalue weighted by Crippen LogP contribution is 2.25. The van der Waals surface area contributed by atoms with Gasteiger partial charge in [-0.3, -0.25) is 4.79 Å². The molecule has 5 heteroatoms. The first kappa shape index (κ1) is 13.7. The molecule has 0 spiro atoms. The van der Waals surface area contributed by atoms with Crippen molar-refractivity contribution in [3.8, 4) is 0 Å². The van der Waals surface area contributed by atoms with Crippen LogP contribution in [0.1, 0.15) is 20.8 Å². The van der Waals surface area contributed by atoms with E-state index in [1.54, 1.807) is 51.1 Å². The van der Waals surface area contributed by atoms with E-state index in [-0.39, 0.29) is 0 Å². The Bertz CT molecular complexity index is 500. The van der Waals surface area contributed by atoms with Gasteiger partial charge in [0, 0.05) is 5.41 Å². The van der Waals surface area contributed by atoms with Gasteiger partial charge in [0.05, 0.1) is 11.9 Å². The third-order valence-electron chi connectivity index (χ3n) is 2.15. The third kappa shape index (κ3) is 3.30. The summed E-state index contributed by atoms with van der Waals surface area (Å²) in [5.41, 5.74) is -0.381. The Hall–Kier alpha value is -1.36. The SMILES string of the molecule is CC(C)(C)C(=O)N(c1ccccc1)S(C)(=O)=O. The van der Waals surface area contributed by atoms with Crippen molar-refractivity contribution in [2.75, 3.05) is 10.6 Å². The predicted octanol–water partition coefficient (Wildman–Crippen LogP) is 2.03. The fraction of sp³-hybridized carbons (Fsp3) is 0.417. The summed E-state index contributed by atoms with van der Waals surface area (Å²) < 4.78 is 24.3. The van der Waals surface area contributed by atoms with E-state index in [0.717, 1.165) is 10.6 Å². The maximum Gasteiger partial charge on any atom is 0.246 e. The number of hydrogen-bond donors (Lipinski definition) is 0. The summed E-state index contributed by atoms with van der Waals surface area (Å²) >= 11 is 0. The Labute approximate surface area is 102 Å². The van der Waals surface area contributed by atoms with Crippen molar-refractivity contribution < 1.29 is 13.2 Å². The highest BCUT2D eigenvalue weighted by molar-refractivity contribution is 7.92. The van der Waals surface area contributed by atoms with E-state index in [4.69, 9.17) is 0 Å². The fourth-order valence-electron chi connectivity index (χ4n) is 1.33. The maximum atomic E-state index is 12.2. The van der Waals surface area contributed by atoms with Gasteiger partial charge in [0.1, 0.15) is 0 Å². The van der Waals surface area contributed by atoms with E-state index in [1.807, 2.05) is 0 Å². The molecule has 0 aliphatic heterocycles. The van der Waals surface area contributed by atoms with Crippen LogP contribution in [0.15, 0.2) is 30.3 Å². The summed E-state index contributed by atoms with van der Waals surface area (Å²) in [5, 5.41) is 0. The van der Waals surface area contributed by atoms with Gasteiger partial charge in [-0.15, -0.1) is 0 Å². The molecular weight excluding hydrogens is 238 g/mol. The number of hydrogen-bond acceptors (Lipinski definition) is 3. The Morgan fingerprint density at radius 1 is 1.12 bits per heavy atom. The Morgan fingerprint density at radius 3 is 1.94 bits per heavy atom. The average Bonchev–Trinajstić information content (AvgIpc) is 2.15. The molecule has 1 aromatic rings. The third-order valence-corrected chi connectivity index (χ3v) is 3.19. The lowest BCUT2D eigenvalue weighted by Crippen LogP contribution is -2.43. The number of amides is 1. The monoisotopic (exact) mass is 255 g/mol. The minimum atomic E-state index is -3.62. The molecule has 0 heterocycles. The summed E-state index contributed by atoms with van der Waals surface area (Å²) in [5.74, 6) is -0.439. The van der Waals surface area contributed by atoms with Crippen LogP contribution in [-0.4, -0.2) is 20.6 Å². The second-order valence-electron chi connectivity index (χ2n) is 4.92. The van der Waals surface area contributed by atoms with Crippen molar-refractivity contribution in [1.29, 1.82) is 0 Å². The number of carbonyl (C=O) groups is 1. The molecule has 0 bridgehead atoms. The normalized spacial score (nSPS) is 12.2. The number of benzene rings is 1. The van der Waals surface area contributed by atoms with Crippen LogP contribution in [0.2, 0.25) is 0 Å². The van der Waals surface area contributed by atoms with Crippen LogP contribution in [0.4, 0.5) is 5.69 Å². The summed E-state index contributed by atoms with van der Waals surface area (Å²) in [6.07, 6.45) is 1.03. The fourth-order valence-corrected chi connectivity index (χ4v) is 2.41. The van der Waals surface area contributed by atoms with Crippen LogP contribution in [0.25, 0.3) is 0 Å². The molecule has 1 rings (SSSR count). The van der Waals surface area contributed by atoms with Crippen molar-refractivity contribution in [3.63, 3.8) is 0 Å². The first-order valence-electron chi connectivity index (χ1n) is 5.24. The maximum absolute atomic E-state index is 12.2. The smallest absolute Gasteiger partial charge is 0.246 e. The van der Waals surface area contributed by atoms with Crippen molar-refractivity contribution >= 4 is 21.6 Å². The zero-order chi connectivity index (χ0) is 13.3. The van der Waals surface area contributed by atoms with Gasteiger partial charge in [0.15, 0.2) is 0 Å². The lowest BCUT2D eigenvalue weighted by molar-refractivity contribution is -0.124. The van der Waals surface area contributed by atoms with E-state index in [9.17, 15) is 13.2 Å². The average molecular weight is 255 g/mol. The highest BCUT2D eigenvalue weighted by atomic mass is 32.2. The molecule has 0 unspecified atom stereocenters. The molecule has 0 saturated heterocycles. The largest absolute Gasteiger partial charge is 0.273 e. The molecule has 94 valence electrons. The zero-order valence-corrected chi connectivity index (χ0v) is 11.3. The first-order valence-corrected chi connectivity index (χ1v) is 7.08. The lowest BCUT2D eigenvalue weighted by Gasteiger charge is -2.27. The summed E-state index contributed by atoms with van der Waals surface area (Å²) in [7, 11) is -3.62.